The molecular formula is C23H18N2O3. The van der Waals surface area contributed by atoms with Crippen LogP contribution in [0.1, 0.15) is 22.8 Å². The van der Waals surface area contributed by atoms with Crippen molar-refractivity contribution >= 4 is 17.4 Å². The SMILES string of the molecule is CC(=O)c1cccc(NC(=O)COc2ccc(-c3ccc(C#N)cc3)cc2)c1. The maximum Gasteiger partial charge on any atom is 0.262 e. The third-order valence-corrected chi connectivity index (χ3v) is 4.12. The van der Waals surface area contributed by atoms with Crippen LogP contribution in [0.3, 0.4) is 0 Å². The Morgan fingerprint density at radius 1 is 0.964 bits per heavy atom. The van der Waals surface area contributed by atoms with Crippen molar-refractivity contribution in [3.05, 3.63) is 83.9 Å². The highest BCUT2D eigenvalue weighted by molar-refractivity contribution is 5.97. The summed E-state index contributed by atoms with van der Waals surface area (Å²) in [6.07, 6.45) is 0. The van der Waals surface area contributed by atoms with Gasteiger partial charge in [0.25, 0.3) is 5.91 Å². The van der Waals surface area contributed by atoms with Crippen molar-refractivity contribution in [3.63, 3.8) is 0 Å². The van der Waals surface area contributed by atoms with E-state index in [-0.39, 0.29) is 18.3 Å². The number of rotatable bonds is 6. The van der Waals surface area contributed by atoms with Gasteiger partial charge in [0.05, 0.1) is 11.6 Å². The molecule has 28 heavy (non-hydrogen) atoms. The molecule has 0 aliphatic carbocycles. The van der Waals surface area contributed by atoms with E-state index in [0.717, 1.165) is 11.1 Å². The van der Waals surface area contributed by atoms with E-state index in [1.807, 2.05) is 24.3 Å². The van der Waals surface area contributed by atoms with Crippen LogP contribution in [0.4, 0.5) is 5.69 Å². The number of nitriles is 1. The summed E-state index contributed by atoms with van der Waals surface area (Å²) in [5.41, 5.74) is 3.69. The Morgan fingerprint density at radius 3 is 2.21 bits per heavy atom. The van der Waals surface area contributed by atoms with Crippen molar-refractivity contribution in [3.8, 4) is 22.9 Å². The third kappa shape index (κ3) is 4.83. The molecule has 0 heterocycles. The standard InChI is InChI=1S/C23H18N2O3/c1-16(26)20-3-2-4-21(13-20)25-23(27)15-28-22-11-9-19(10-12-22)18-7-5-17(14-24)6-8-18/h2-13H,15H2,1H3,(H,25,27). The monoisotopic (exact) mass is 370 g/mol. The summed E-state index contributed by atoms with van der Waals surface area (Å²) < 4.78 is 5.52. The molecule has 0 spiro atoms. The van der Waals surface area contributed by atoms with Crippen LogP contribution in [0, 0.1) is 11.3 Å². The minimum absolute atomic E-state index is 0.0605. The molecule has 0 fully saturated rings. The number of nitrogens with zero attached hydrogens (tertiary/aromatic N) is 1. The molecule has 0 aromatic heterocycles. The molecule has 0 radical (unpaired) electrons. The fraction of sp³-hybridized carbons (Fsp3) is 0.0870. The largest absolute Gasteiger partial charge is 0.484 e. The van der Waals surface area contributed by atoms with Gasteiger partial charge in [0.15, 0.2) is 12.4 Å². The van der Waals surface area contributed by atoms with Crippen LogP contribution in [0.2, 0.25) is 0 Å². The Kier molecular flexibility index (Phi) is 5.83. The summed E-state index contributed by atoms with van der Waals surface area (Å²) in [5.74, 6) is 0.205. The van der Waals surface area contributed by atoms with Gasteiger partial charge in [-0.15, -0.1) is 0 Å². The normalized spacial score (nSPS) is 10.0. The first-order valence-corrected chi connectivity index (χ1v) is 8.69. The lowest BCUT2D eigenvalue weighted by molar-refractivity contribution is -0.118. The Balaban J connectivity index is 1.57. The van der Waals surface area contributed by atoms with Crippen molar-refractivity contribution < 1.29 is 14.3 Å². The second kappa shape index (κ2) is 8.65. The highest BCUT2D eigenvalue weighted by Gasteiger charge is 2.06. The van der Waals surface area contributed by atoms with Crippen molar-refractivity contribution in [2.75, 3.05) is 11.9 Å². The molecule has 1 N–H and O–H groups in total. The number of ketones is 1. The number of ether oxygens (including phenoxy) is 1. The van der Waals surface area contributed by atoms with Crippen LogP contribution in [0.25, 0.3) is 11.1 Å². The molecule has 0 unspecified atom stereocenters. The van der Waals surface area contributed by atoms with Crippen molar-refractivity contribution in [1.82, 2.24) is 0 Å². The van der Waals surface area contributed by atoms with Crippen molar-refractivity contribution in [2.24, 2.45) is 0 Å². The maximum absolute atomic E-state index is 12.1. The first-order valence-electron chi connectivity index (χ1n) is 8.69. The topological polar surface area (TPSA) is 79.2 Å². The molecule has 1 amide bonds. The summed E-state index contributed by atoms with van der Waals surface area (Å²) in [7, 11) is 0. The van der Waals surface area contributed by atoms with E-state index in [1.54, 1.807) is 48.5 Å². The molecule has 0 atom stereocenters. The van der Waals surface area contributed by atoms with Gasteiger partial charge in [-0.25, -0.2) is 0 Å². The second-order valence-corrected chi connectivity index (χ2v) is 6.19. The Hall–Kier alpha value is -3.91. The number of carbonyl (C=O) groups is 2. The van der Waals surface area contributed by atoms with Gasteiger partial charge < -0.3 is 10.1 Å². The molecule has 3 rings (SSSR count). The molecule has 138 valence electrons. The van der Waals surface area contributed by atoms with Gasteiger partial charge in [0.2, 0.25) is 0 Å². The number of anilines is 1. The van der Waals surface area contributed by atoms with E-state index in [9.17, 15) is 9.59 Å². The van der Waals surface area contributed by atoms with Gasteiger partial charge in [-0.05, 0) is 54.4 Å². The molecule has 5 nitrogen and oxygen atoms in total. The van der Waals surface area contributed by atoms with Crippen molar-refractivity contribution in [2.45, 2.75) is 6.92 Å². The number of Topliss-reactive ketones (excluding diaryl/α,β-unsaturated/α-hetero) is 1. The highest BCUT2D eigenvalue weighted by atomic mass is 16.5. The molecular weight excluding hydrogens is 352 g/mol. The molecule has 3 aromatic rings. The average Bonchev–Trinajstić information content (AvgIpc) is 2.73. The van der Waals surface area contributed by atoms with Crippen LogP contribution < -0.4 is 10.1 Å². The summed E-state index contributed by atoms with van der Waals surface area (Å²) in [4.78, 5) is 23.5. The van der Waals surface area contributed by atoms with Crippen LogP contribution in [0.15, 0.2) is 72.8 Å². The van der Waals surface area contributed by atoms with E-state index in [1.165, 1.54) is 6.92 Å². The minimum atomic E-state index is -0.308. The molecule has 5 heteroatoms. The summed E-state index contributed by atoms with van der Waals surface area (Å²) in [6.45, 7) is 1.34. The molecule has 0 aliphatic rings. The predicted molar refractivity (Wildman–Crippen MR) is 107 cm³/mol. The lowest BCUT2D eigenvalue weighted by Crippen LogP contribution is -2.20. The fourth-order valence-corrected chi connectivity index (χ4v) is 2.64. The predicted octanol–water partition coefficient (Wildman–Crippen LogP) is 4.45. The first-order chi connectivity index (χ1) is 13.5. The maximum atomic E-state index is 12.1. The number of amides is 1. The zero-order valence-corrected chi connectivity index (χ0v) is 15.3. The minimum Gasteiger partial charge on any atom is -0.484 e. The average molecular weight is 370 g/mol. The van der Waals surface area contributed by atoms with Crippen LogP contribution in [0.5, 0.6) is 5.75 Å². The zero-order chi connectivity index (χ0) is 19.9. The quantitative estimate of drug-likeness (QED) is 0.650. The highest BCUT2D eigenvalue weighted by Crippen LogP contribution is 2.23. The van der Waals surface area contributed by atoms with Gasteiger partial charge in [0.1, 0.15) is 5.75 Å². The summed E-state index contributed by atoms with van der Waals surface area (Å²) >= 11 is 0. The Bertz CT molecular complexity index is 1030. The molecule has 0 saturated heterocycles. The molecule has 0 saturated carbocycles. The number of benzene rings is 3. The van der Waals surface area contributed by atoms with Gasteiger partial charge in [-0.3, -0.25) is 9.59 Å². The summed E-state index contributed by atoms with van der Waals surface area (Å²) in [5, 5.41) is 11.6. The molecule has 3 aromatic carbocycles. The number of hydrogen-bond donors (Lipinski definition) is 1. The molecule has 0 aliphatic heterocycles. The number of hydrogen-bond acceptors (Lipinski definition) is 4. The third-order valence-electron chi connectivity index (χ3n) is 4.12. The smallest absolute Gasteiger partial charge is 0.262 e. The Morgan fingerprint density at radius 2 is 1.61 bits per heavy atom. The lowest BCUT2D eigenvalue weighted by atomic mass is 10.0. The van der Waals surface area contributed by atoms with Crippen LogP contribution >= 0.6 is 0 Å². The first kappa shape index (κ1) is 18.9. The second-order valence-electron chi connectivity index (χ2n) is 6.19. The van der Waals surface area contributed by atoms with E-state index in [2.05, 4.69) is 11.4 Å². The van der Waals surface area contributed by atoms with Gasteiger partial charge in [-0.1, -0.05) is 36.4 Å². The van der Waals surface area contributed by atoms with Gasteiger partial charge in [0, 0.05) is 11.3 Å². The van der Waals surface area contributed by atoms with E-state index < -0.39 is 0 Å². The number of nitrogens with one attached hydrogen (secondary N) is 1. The fourth-order valence-electron chi connectivity index (χ4n) is 2.64. The number of carbonyl (C=O) groups excluding carboxylic acids is 2. The van der Waals surface area contributed by atoms with E-state index in [4.69, 9.17) is 10.00 Å². The van der Waals surface area contributed by atoms with Crippen LogP contribution in [-0.2, 0) is 4.79 Å². The van der Waals surface area contributed by atoms with Crippen molar-refractivity contribution in [1.29, 1.82) is 5.26 Å². The lowest BCUT2D eigenvalue weighted by Gasteiger charge is -2.09. The summed E-state index contributed by atoms with van der Waals surface area (Å²) in [6, 6.07) is 23.5. The Labute approximate surface area is 163 Å². The van der Waals surface area contributed by atoms with Gasteiger partial charge >= 0.3 is 0 Å². The van der Waals surface area contributed by atoms with E-state index >= 15 is 0 Å². The van der Waals surface area contributed by atoms with Gasteiger partial charge in [-0.2, -0.15) is 5.26 Å². The van der Waals surface area contributed by atoms with Crippen LogP contribution in [-0.4, -0.2) is 18.3 Å². The zero-order valence-electron chi connectivity index (χ0n) is 15.3. The van der Waals surface area contributed by atoms with E-state index in [0.29, 0.717) is 22.6 Å². The molecule has 0 bridgehead atoms.